The van der Waals surface area contributed by atoms with Crippen LogP contribution in [0.15, 0.2) is 42.7 Å². The number of carbonyl (C=O) groups excluding carboxylic acids is 1. The second-order valence-corrected chi connectivity index (χ2v) is 6.25. The molecule has 2 aromatic heterocycles. The van der Waals surface area contributed by atoms with E-state index in [-0.39, 0.29) is 11.9 Å². The molecule has 0 aliphatic rings. The number of carbonyl (C=O) groups is 1. The maximum atomic E-state index is 12.6. The molecule has 1 atom stereocenters. The maximum absolute atomic E-state index is 12.6. The maximum Gasteiger partial charge on any atom is 0.253 e. The van der Waals surface area contributed by atoms with Gasteiger partial charge in [-0.2, -0.15) is 5.10 Å². The van der Waals surface area contributed by atoms with Gasteiger partial charge in [-0.25, -0.2) is 0 Å². The summed E-state index contributed by atoms with van der Waals surface area (Å²) in [7, 11) is 0. The van der Waals surface area contributed by atoms with E-state index in [0.29, 0.717) is 5.56 Å². The van der Waals surface area contributed by atoms with Gasteiger partial charge in [0.05, 0.1) is 16.8 Å². The average Bonchev–Trinajstić information content (AvgIpc) is 3.06. The zero-order valence-electron chi connectivity index (χ0n) is 14.3. The van der Waals surface area contributed by atoms with Crippen molar-refractivity contribution in [1.29, 1.82) is 0 Å². The second kappa shape index (κ2) is 6.83. The number of pyridine rings is 1. The number of rotatable bonds is 5. The van der Waals surface area contributed by atoms with Crippen LogP contribution >= 0.6 is 0 Å². The highest BCUT2D eigenvalue weighted by molar-refractivity contribution is 5.98. The Morgan fingerprint density at radius 1 is 1.29 bits per heavy atom. The zero-order chi connectivity index (χ0) is 17.1. The van der Waals surface area contributed by atoms with Crippen molar-refractivity contribution >= 4 is 16.8 Å². The van der Waals surface area contributed by atoms with Crippen LogP contribution in [-0.4, -0.2) is 26.7 Å². The van der Waals surface area contributed by atoms with Gasteiger partial charge in [-0.05, 0) is 51.5 Å². The molecule has 2 heterocycles. The molecule has 5 heteroatoms. The normalized spacial score (nSPS) is 12.3. The van der Waals surface area contributed by atoms with E-state index < -0.39 is 0 Å². The smallest absolute Gasteiger partial charge is 0.253 e. The largest absolute Gasteiger partial charge is 0.349 e. The number of nitrogens with zero attached hydrogens (tertiary/aromatic N) is 3. The molecule has 5 nitrogen and oxygen atoms in total. The van der Waals surface area contributed by atoms with Gasteiger partial charge in [0.25, 0.3) is 5.91 Å². The van der Waals surface area contributed by atoms with Crippen molar-refractivity contribution in [1.82, 2.24) is 20.1 Å². The Morgan fingerprint density at radius 3 is 2.88 bits per heavy atom. The summed E-state index contributed by atoms with van der Waals surface area (Å²) in [6.45, 7) is 6.71. The molecule has 24 heavy (non-hydrogen) atoms. The van der Waals surface area contributed by atoms with Gasteiger partial charge in [-0.3, -0.25) is 14.5 Å². The lowest BCUT2D eigenvalue weighted by atomic mass is 10.1. The van der Waals surface area contributed by atoms with Gasteiger partial charge >= 0.3 is 0 Å². The Kier molecular flexibility index (Phi) is 4.60. The monoisotopic (exact) mass is 322 g/mol. The predicted molar refractivity (Wildman–Crippen MR) is 95.0 cm³/mol. The number of aryl methyl sites for hydroxylation is 3. The summed E-state index contributed by atoms with van der Waals surface area (Å²) in [6, 6.07) is 9.97. The first-order valence-corrected chi connectivity index (χ1v) is 8.19. The third kappa shape index (κ3) is 3.62. The Morgan fingerprint density at radius 2 is 2.12 bits per heavy atom. The van der Waals surface area contributed by atoms with E-state index in [9.17, 15) is 4.79 Å². The second-order valence-electron chi connectivity index (χ2n) is 6.25. The molecule has 0 saturated heterocycles. The molecule has 0 aliphatic heterocycles. The third-order valence-electron chi connectivity index (χ3n) is 4.13. The lowest BCUT2D eigenvalue weighted by Gasteiger charge is -2.15. The highest BCUT2D eigenvalue weighted by atomic mass is 16.1. The summed E-state index contributed by atoms with van der Waals surface area (Å²) in [4.78, 5) is 17.1. The van der Waals surface area contributed by atoms with E-state index in [0.717, 1.165) is 35.1 Å². The van der Waals surface area contributed by atoms with Crippen molar-refractivity contribution in [3.63, 3.8) is 0 Å². The average molecular weight is 322 g/mol. The fourth-order valence-corrected chi connectivity index (χ4v) is 2.75. The van der Waals surface area contributed by atoms with Crippen LogP contribution < -0.4 is 5.32 Å². The molecule has 0 bridgehead atoms. The summed E-state index contributed by atoms with van der Waals surface area (Å²) in [5.41, 5.74) is 3.47. The Hall–Kier alpha value is -2.69. The Balaban J connectivity index is 1.71. The van der Waals surface area contributed by atoms with Crippen molar-refractivity contribution in [2.75, 3.05) is 0 Å². The van der Waals surface area contributed by atoms with E-state index in [2.05, 4.69) is 21.5 Å². The standard InChI is InChI=1S/C19H22N4O/c1-13-5-6-18-16(11-13)12-17(15(3)22-18)19(24)21-14(2)7-10-23-9-4-8-20-23/h4-6,8-9,11-12,14H,7,10H2,1-3H3,(H,21,24)/t14-/m1/s1. The number of hydrogen-bond donors (Lipinski definition) is 1. The highest BCUT2D eigenvalue weighted by Crippen LogP contribution is 2.18. The number of amides is 1. The summed E-state index contributed by atoms with van der Waals surface area (Å²) in [6.07, 6.45) is 4.51. The lowest BCUT2D eigenvalue weighted by molar-refractivity contribution is 0.0936. The Labute approximate surface area is 141 Å². The summed E-state index contributed by atoms with van der Waals surface area (Å²) >= 11 is 0. The molecule has 0 aliphatic carbocycles. The van der Waals surface area contributed by atoms with Crippen LogP contribution in [0.1, 0.15) is 35.0 Å². The molecule has 0 unspecified atom stereocenters. The van der Waals surface area contributed by atoms with Crippen LogP contribution in [0.5, 0.6) is 0 Å². The SMILES string of the molecule is Cc1ccc2nc(C)c(C(=O)N[C@H](C)CCn3cccn3)cc2c1. The molecule has 1 N–H and O–H groups in total. The summed E-state index contributed by atoms with van der Waals surface area (Å²) < 4.78 is 1.87. The molecule has 0 spiro atoms. The predicted octanol–water partition coefficient (Wildman–Crippen LogP) is 3.26. The van der Waals surface area contributed by atoms with Crippen LogP contribution in [0.3, 0.4) is 0 Å². The van der Waals surface area contributed by atoms with Gasteiger partial charge < -0.3 is 5.32 Å². The van der Waals surface area contributed by atoms with E-state index in [4.69, 9.17) is 0 Å². The first kappa shape index (κ1) is 16.2. The van der Waals surface area contributed by atoms with E-state index in [1.165, 1.54) is 0 Å². The van der Waals surface area contributed by atoms with Crippen LogP contribution in [0.25, 0.3) is 10.9 Å². The van der Waals surface area contributed by atoms with Gasteiger partial charge in [0.15, 0.2) is 0 Å². The van der Waals surface area contributed by atoms with E-state index in [1.807, 2.05) is 55.9 Å². The summed E-state index contributed by atoms with van der Waals surface area (Å²) in [5.74, 6) is -0.0728. The third-order valence-corrected chi connectivity index (χ3v) is 4.13. The molecule has 124 valence electrons. The molecule has 3 aromatic rings. The number of benzene rings is 1. The van der Waals surface area contributed by atoms with Crippen molar-refractivity contribution in [2.45, 2.75) is 39.8 Å². The van der Waals surface area contributed by atoms with Gasteiger partial charge in [0, 0.05) is 30.4 Å². The topological polar surface area (TPSA) is 59.8 Å². The number of hydrogen-bond acceptors (Lipinski definition) is 3. The molecule has 0 fully saturated rings. The van der Waals surface area contributed by atoms with Crippen LogP contribution in [0.2, 0.25) is 0 Å². The molecule has 0 saturated carbocycles. The van der Waals surface area contributed by atoms with Gasteiger partial charge in [0.1, 0.15) is 0 Å². The highest BCUT2D eigenvalue weighted by Gasteiger charge is 2.14. The van der Waals surface area contributed by atoms with Crippen LogP contribution in [0, 0.1) is 13.8 Å². The quantitative estimate of drug-likeness (QED) is 0.784. The molecule has 3 rings (SSSR count). The molecule has 0 radical (unpaired) electrons. The van der Waals surface area contributed by atoms with E-state index >= 15 is 0 Å². The van der Waals surface area contributed by atoms with Crippen molar-refractivity contribution in [3.05, 3.63) is 59.5 Å². The van der Waals surface area contributed by atoms with Crippen LogP contribution in [0.4, 0.5) is 0 Å². The summed E-state index contributed by atoms with van der Waals surface area (Å²) in [5, 5.41) is 8.23. The molecule has 1 aromatic carbocycles. The number of fused-ring (bicyclic) bond motifs is 1. The zero-order valence-corrected chi connectivity index (χ0v) is 14.3. The van der Waals surface area contributed by atoms with Gasteiger partial charge in [0.2, 0.25) is 0 Å². The van der Waals surface area contributed by atoms with Gasteiger partial charge in [-0.15, -0.1) is 0 Å². The van der Waals surface area contributed by atoms with Crippen LogP contribution in [-0.2, 0) is 6.54 Å². The molecular formula is C19H22N4O. The molecule has 1 amide bonds. The van der Waals surface area contributed by atoms with Crippen molar-refractivity contribution in [3.8, 4) is 0 Å². The molecular weight excluding hydrogens is 300 g/mol. The fraction of sp³-hybridized carbons (Fsp3) is 0.316. The number of aromatic nitrogens is 3. The Bertz CT molecular complexity index is 855. The fourth-order valence-electron chi connectivity index (χ4n) is 2.75. The van der Waals surface area contributed by atoms with Crippen molar-refractivity contribution < 1.29 is 4.79 Å². The minimum absolute atomic E-state index is 0.0642. The minimum Gasteiger partial charge on any atom is -0.349 e. The first-order valence-electron chi connectivity index (χ1n) is 8.19. The van der Waals surface area contributed by atoms with Crippen molar-refractivity contribution in [2.24, 2.45) is 0 Å². The lowest BCUT2D eigenvalue weighted by Crippen LogP contribution is -2.34. The number of nitrogens with one attached hydrogen (secondary N) is 1. The van der Waals surface area contributed by atoms with E-state index in [1.54, 1.807) is 6.20 Å². The van der Waals surface area contributed by atoms with Gasteiger partial charge in [-0.1, -0.05) is 11.6 Å². The minimum atomic E-state index is -0.0728. The first-order chi connectivity index (χ1) is 11.5.